The van der Waals surface area contributed by atoms with Crippen molar-refractivity contribution >= 4 is 5.97 Å². The second-order valence-electron chi connectivity index (χ2n) is 4.26. The Kier molecular flexibility index (Phi) is 5.95. The molecule has 1 aliphatic rings. The Hall–Kier alpha value is -1.12. The van der Waals surface area contributed by atoms with Crippen LogP contribution in [0, 0.1) is 11.3 Å². The van der Waals surface area contributed by atoms with E-state index in [1.54, 1.807) is 0 Å². The van der Waals surface area contributed by atoms with Gasteiger partial charge in [-0.05, 0) is 19.8 Å². The minimum Gasteiger partial charge on any atom is -0.469 e. The predicted octanol–water partition coefficient (Wildman–Crippen LogP) is 0.943. The van der Waals surface area contributed by atoms with Crippen LogP contribution in [0.2, 0.25) is 0 Å². The minimum atomic E-state index is -0.243. The zero-order valence-corrected chi connectivity index (χ0v) is 10.5. The van der Waals surface area contributed by atoms with E-state index in [2.05, 4.69) is 10.8 Å². The van der Waals surface area contributed by atoms with Crippen LogP contribution in [0.25, 0.3) is 0 Å². The summed E-state index contributed by atoms with van der Waals surface area (Å²) in [5.74, 6) is -0.243. The van der Waals surface area contributed by atoms with Gasteiger partial charge < -0.3 is 9.47 Å². The average Bonchev–Trinajstić information content (AvgIpc) is 2.85. The molecule has 1 saturated heterocycles. The molecule has 1 heterocycles. The fourth-order valence-electron chi connectivity index (χ4n) is 1.91. The molecule has 0 aliphatic carbocycles. The number of methoxy groups -OCH3 is 1. The van der Waals surface area contributed by atoms with Crippen LogP contribution in [0.3, 0.4) is 0 Å². The van der Waals surface area contributed by atoms with E-state index < -0.39 is 0 Å². The van der Waals surface area contributed by atoms with Gasteiger partial charge >= 0.3 is 5.97 Å². The van der Waals surface area contributed by atoms with E-state index in [0.717, 1.165) is 19.4 Å². The molecule has 1 rings (SSSR count). The van der Waals surface area contributed by atoms with E-state index in [1.165, 1.54) is 7.11 Å². The van der Waals surface area contributed by atoms with Gasteiger partial charge in [0.15, 0.2) is 0 Å². The normalized spacial score (nSPS) is 21.2. The van der Waals surface area contributed by atoms with Crippen molar-refractivity contribution in [2.45, 2.75) is 38.3 Å². The smallest absolute Gasteiger partial charge is 0.306 e. The van der Waals surface area contributed by atoms with Crippen LogP contribution in [0.4, 0.5) is 0 Å². The Morgan fingerprint density at radius 1 is 1.71 bits per heavy atom. The van der Waals surface area contributed by atoms with E-state index in [-0.39, 0.29) is 18.1 Å². The lowest BCUT2D eigenvalue weighted by Crippen LogP contribution is -2.39. The Balaban J connectivity index is 2.42. The number of nitriles is 1. The minimum absolute atomic E-state index is 0.198. The quantitative estimate of drug-likeness (QED) is 0.647. The van der Waals surface area contributed by atoms with Crippen LogP contribution in [0.15, 0.2) is 0 Å². The molecular weight excluding hydrogens is 220 g/mol. The third-order valence-corrected chi connectivity index (χ3v) is 3.03. The molecule has 0 spiro atoms. The topological polar surface area (TPSA) is 62.6 Å². The molecule has 1 aliphatic heterocycles. The van der Waals surface area contributed by atoms with Crippen LogP contribution >= 0.6 is 0 Å². The van der Waals surface area contributed by atoms with Gasteiger partial charge in [0.1, 0.15) is 0 Å². The van der Waals surface area contributed by atoms with Gasteiger partial charge in [-0.2, -0.15) is 5.26 Å². The number of carbonyl (C=O) groups is 1. The number of ether oxygens (including phenoxy) is 2. The highest BCUT2D eigenvalue weighted by molar-refractivity contribution is 5.69. The number of rotatable bonds is 6. The summed E-state index contributed by atoms with van der Waals surface area (Å²) in [4.78, 5) is 13.1. The number of hydrogen-bond acceptors (Lipinski definition) is 5. The van der Waals surface area contributed by atoms with Crippen molar-refractivity contribution in [2.24, 2.45) is 0 Å². The zero-order chi connectivity index (χ0) is 12.7. The van der Waals surface area contributed by atoms with Crippen molar-refractivity contribution in [3.05, 3.63) is 0 Å². The molecule has 0 aromatic heterocycles. The SMILES string of the molecule is COC(=O)CCN(CC1CCCO1)C(C)C#N. The molecule has 5 nitrogen and oxygen atoms in total. The van der Waals surface area contributed by atoms with Crippen molar-refractivity contribution in [1.29, 1.82) is 5.26 Å². The van der Waals surface area contributed by atoms with Crippen LogP contribution in [-0.4, -0.2) is 49.8 Å². The molecule has 0 saturated carbocycles. The second-order valence-corrected chi connectivity index (χ2v) is 4.26. The summed E-state index contributed by atoms with van der Waals surface area (Å²) in [6, 6.07) is 1.99. The Labute approximate surface area is 102 Å². The van der Waals surface area contributed by atoms with Gasteiger partial charge in [-0.1, -0.05) is 0 Å². The van der Waals surface area contributed by atoms with Crippen molar-refractivity contribution in [2.75, 3.05) is 26.8 Å². The van der Waals surface area contributed by atoms with Gasteiger partial charge in [-0.3, -0.25) is 9.69 Å². The molecule has 0 aromatic carbocycles. The van der Waals surface area contributed by atoms with Crippen LogP contribution < -0.4 is 0 Å². The highest BCUT2D eigenvalue weighted by Gasteiger charge is 2.22. The van der Waals surface area contributed by atoms with Gasteiger partial charge in [0, 0.05) is 19.7 Å². The number of nitrogens with zero attached hydrogens (tertiary/aromatic N) is 2. The average molecular weight is 240 g/mol. The summed E-state index contributed by atoms with van der Waals surface area (Å²) < 4.78 is 10.1. The fraction of sp³-hybridized carbons (Fsp3) is 0.833. The summed E-state index contributed by atoms with van der Waals surface area (Å²) in [5, 5.41) is 8.95. The molecule has 17 heavy (non-hydrogen) atoms. The first-order valence-corrected chi connectivity index (χ1v) is 5.99. The van der Waals surface area contributed by atoms with E-state index in [4.69, 9.17) is 10.00 Å². The lowest BCUT2D eigenvalue weighted by atomic mass is 10.2. The zero-order valence-electron chi connectivity index (χ0n) is 10.5. The molecule has 0 amide bonds. The van der Waals surface area contributed by atoms with E-state index in [9.17, 15) is 4.79 Å². The van der Waals surface area contributed by atoms with E-state index in [0.29, 0.717) is 19.5 Å². The van der Waals surface area contributed by atoms with Gasteiger partial charge in [0.25, 0.3) is 0 Å². The maximum atomic E-state index is 11.1. The number of hydrogen-bond donors (Lipinski definition) is 0. The van der Waals surface area contributed by atoms with Gasteiger partial charge in [0.2, 0.25) is 0 Å². The van der Waals surface area contributed by atoms with Gasteiger partial charge in [-0.25, -0.2) is 0 Å². The first-order valence-electron chi connectivity index (χ1n) is 5.99. The van der Waals surface area contributed by atoms with Gasteiger partial charge in [-0.15, -0.1) is 0 Å². The molecular formula is C12H20N2O3. The summed E-state index contributed by atoms with van der Waals surface area (Å²) in [5.41, 5.74) is 0. The lowest BCUT2D eigenvalue weighted by Gasteiger charge is -2.26. The first-order chi connectivity index (χ1) is 8.17. The van der Waals surface area contributed by atoms with Crippen LogP contribution in [0.5, 0.6) is 0 Å². The lowest BCUT2D eigenvalue weighted by molar-refractivity contribution is -0.141. The van der Waals surface area contributed by atoms with E-state index in [1.807, 2.05) is 11.8 Å². The number of esters is 1. The van der Waals surface area contributed by atoms with Gasteiger partial charge in [0.05, 0.1) is 31.7 Å². The molecule has 1 fully saturated rings. The summed E-state index contributed by atoms with van der Waals surface area (Å²) in [6.07, 6.45) is 2.63. The molecule has 0 bridgehead atoms. The predicted molar refractivity (Wildman–Crippen MR) is 62.3 cm³/mol. The Bertz CT molecular complexity index is 282. The van der Waals surface area contributed by atoms with Crippen LogP contribution in [0.1, 0.15) is 26.2 Å². The maximum Gasteiger partial charge on any atom is 0.306 e. The molecule has 5 heteroatoms. The highest BCUT2D eigenvalue weighted by atomic mass is 16.5. The molecule has 96 valence electrons. The summed E-state index contributed by atoms with van der Waals surface area (Å²) in [6.45, 7) is 3.90. The molecule has 0 N–H and O–H groups in total. The monoisotopic (exact) mass is 240 g/mol. The molecule has 0 aromatic rings. The number of carbonyl (C=O) groups excluding carboxylic acids is 1. The molecule has 0 radical (unpaired) electrons. The Morgan fingerprint density at radius 3 is 3.00 bits per heavy atom. The molecule has 2 unspecified atom stereocenters. The fourth-order valence-corrected chi connectivity index (χ4v) is 1.91. The van der Waals surface area contributed by atoms with Crippen molar-refractivity contribution in [3.63, 3.8) is 0 Å². The summed E-state index contributed by atoms with van der Waals surface area (Å²) in [7, 11) is 1.38. The van der Waals surface area contributed by atoms with Crippen LogP contribution in [-0.2, 0) is 14.3 Å². The Morgan fingerprint density at radius 2 is 2.47 bits per heavy atom. The highest BCUT2D eigenvalue weighted by Crippen LogP contribution is 2.15. The van der Waals surface area contributed by atoms with Crippen molar-refractivity contribution in [1.82, 2.24) is 4.90 Å². The van der Waals surface area contributed by atoms with Crippen molar-refractivity contribution in [3.8, 4) is 6.07 Å². The second kappa shape index (κ2) is 7.25. The van der Waals surface area contributed by atoms with Crippen molar-refractivity contribution < 1.29 is 14.3 Å². The third kappa shape index (κ3) is 4.72. The van der Waals surface area contributed by atoms with E-state index >= 15 is 0 Å². The first kappa shape index (κ1) is 13.9. The molecule has 2 atom stereocenters. The summed E-state index contributed by atoms with van der Waals surface area (Å²) >= 11 is 0. The standard InChI is InChI=1S/C12H20N2O3/c1-10(8-13)14(6-5-12(15)16-2)9-11-4-3-7-17-11/h10-11H,3-7,9H2,1-2H3. The third-order valence-electron chi connectivity index (χ3n) is 3.03. The maximum absolute atomic E-state index is 11.1. The largest absolute Gasteiger partial charge is 0.469 e.